The zero-order chi connectivity index (χ0) is 16.7. The van der Waals surface area contributed by atoms with Gasteiger partial charge >= 0.3 is 0 Å². The number of oxazole rings is 1. The lowest BCUT2D eigenvalue weighted by Gasteiger charge is -2.11. The van der Waals surface area contributed by atoms with Gasteiger partial charge in [-0.05, 0) is 38.1 Å². The lowest BCUT2D eigenvalue weighted by atomic mass is 10.3. The Hall–Kier alpha value is -1.48. The zero-order valence-corrected chi connectivity index (χ0v) is 17.0. The number of halogens is 2. The molecule has 8 heteroatoms. The average molecular weight is 465 g/mol. The Morgan fingerprint density at radius 1 is 1.25 bits per heavy atom. The van der Waals surface area contributed by atoms with Crippen LogP contribution < -0.4 is 15.4 Å². The Kier molecular flexibility index (Phi) is 8.91. The summed E-state index contributed by atoms with van der Waals surface area (Å²) >= 11 is 5.83. The molecular formula is C16H22ClIN4O2. The molecule has 6 nitrogen and oxygen atoms in total. The van der Waals surface area contributed by atoms with Crippen molar-refractivity contribution in [1.29, 1.82) is 0 Å². The lowest BCUT2D eigenvalue weighted by Crippen LogP contribution is -2.38. The van der Waals surface area contributed by atoms with Gasteiger partial charge < -0.3 is 19.8 Å². The average Bonchev–Trinajstić information content (AvgIpc) is 2.87. The van der Waals surface area contributed by atoms with Crippen molar-refractivity contribution >= 4 is 41.5 Å². The summed E-state index contributed by atoms with van der Waals surface area (Å²) in [6.07, 6.45) is 0. The number of rotatable bonds is 6. The van der Waals surface area contributed by atoms with E-state index in [0.717, 1.165) is 17.2 Å². The van der Waals surface area contributed by atoms with Crippen LogP contribution in [0.25, 0.3) is 0 Å². The van der Waals surface area contributed by atoms with Crippen molar-refractivity contribution in [3.05, 3.63) is 46.6 Å². The maximum atomic E-state index is 5.83. The molecule has 1 aromatic carbocycles. The van der Waals surface area contributed by atoms with Gasteiger partial charge in [-0.2, -0.15) is 0 Å². The number of benzene rings is 1. The van der Waals surface area contributed by atoms with Gasteiger partial charge in [0.15, 0.2) is 5.96 Å². The van der Waals surface area contributed by atoms with Gasteiger partial charge in [0.25, 0.3) is 0 Å². The number of aryl methyl sites for hydroxylation is 2. The molecule has 0 radical (unpaired) electrons. The van der Waals surface area contributed by atoms with Crippen LogP contribution in [0, 0.1) is 13.8 Å². The largest absolute Gasteiger partial charge is 0.492 e. The Morgan fingerprint density at radius 2 is 1.96 bits per heavy atom. The minimum Gasteiger partial charge on any atom is -0.492 e. The Labute approximate surface area is 164 Å². The highest BCUT2D eigenvalue weighted by Gasteiger charge is 2.06. The number of nitrogens with one attached hydrogen (secondary N) is 2. The maximum Gasteiger partial charge on any atom is 0.214 e. The topological polar surface area (TPSA) is 71.7 Å². The van der Waals surface area contributed by atoms with Crippen LogP contribution in [-0.4, -0.2) is 31.1 Å². The van der Waals surface area contributed by atoms with E-state index in [1.54, 1.807) is 19.2 Å². The number of aromatic nitrogens is 1. The Bertz CT molecular complexity index is 639. The number of guanidine groups is 1. The standard InChI is InChI=1S/C16H21ClN4O2.HI/c1-11-12(2)23-15(21-11)10-20-16(18-3)19-8-9-22-14-6-4-13(17)5-7-14;/h4-7H,8-10H2,1-3H3,(H2,18,19,20);1H. The van der Waals surface area contributed by atoms with Gasteiger partial charge in [0, 0.05) is 12.1 Å². The van der Waals surface area contributed by atoms with Crippen LogP contribution in [0.2, 0.25) is 5.02 Å². The van der Waals surface area contributed by atoms with Crippen LogP contribution in [0.5, 0.6) is 5.75 Å². The summed E-state index contributed by atoms with van der Waals surface area (Å²) in [6, 6.07) is 7.27. The number of nitrogens with zero attached hydrogens (tertiary/aromatic N) is 2. The van der Waals surface area contributed by atoms with E-state index in [-0.39, 0.29) is 24.0 Å². The van der Waals surface area contributed by atoms with E-state index < -0.39 is 0 Å². The predicted molar refractivity (Wildman–Crippen MR) is 107 cm³/mol. The minimum absolute atomic E-state index is 0. The minimum atomic E-state index is 0. The summed E-state index contributed by atoms with van der Waals surface area (Å²) in [6.45, 7) is 5.42. The molecule has 0 aliphatic heterocycles. The molecule has 0 atom stereocenters. The van der Waals surface area contributed by atoms with Crippen molar-refractivity contribution in [2.45, 2.75) is 20.4 Å². The summed E-state index contributed by atoms with van der Waals surface area (Å²) in [5, 5.41) is 6.99. The summed E-state index contributed by atoms with van der Waals surface area (Å²) in [5.41, 5.74) is 0.904. The summed E-state index contributed by atoms with van der Waals surface area (Å²) < 4.78 is 11.1. The molecule has 1 aromatic heterocycles. The first kappa shape index (κ1) is 20.6. The normalized spacial score (nSPS) is 10.9. The molecular weight excluding hydrogens is 443 g/mol. The van der Waals surface area contributed by atoms with E-state index in [4.69, 9.17) is 20.8 Å². The van der Waals surface area contributed by atoms with Gasteiger partial charge in [-0.15, -0.1) is 24.0 Å². The molecule has 2 N–H and O–H groups in total. The molecule has 0 fully saturated rings. The fourth-order valence-corrected chi connectivity index (χ4v) is 1.99. The van der Waals surface area contributed by atoms with Crippen LogP contribution in [0.15, 0.2) is 33.7 Å². The van der Waals surface area contributed by atoms with E-state index in [2.05, 4.69) is 20.6 Å². The number of hydrogen-bond acceptors (Lipinski definition) is 4. The number of ether oxygens (including phenoxy) is 1. The van der Waals surface area contributed by atoms with Gasteiger partial charge in [0.2, 0.25) is 5.89 Å². The third-order valence-corrected chi connectivity index (χ3v) is 3.43. The molecule has 2 rings (SSSR count). The summed E-state index contributed by atoms with van der Waals surface area (Å²) in [4.78, 5) is 8.45. The molecule has 0 amide bonds. The third-order valence-electron chi connectivity index (χ3n) is 3.18. The zero-order valence-electron chi connectivity index (χ0n) is 13.9. The van der Waals surface area contributed by atoms with Crippen LogP contribution >= 0.6 is 35.6 Å². The SMILES string of the molecule is CN=C(NCCOc1ccc(Cl)cc1)NCc1nc(C)c(C)o1.I. The van der Waals surface area contributed by atoms with E-state index in [9.17, 15) is 0 Å². The molecule has 0 unspecified atom stereocenters. The second-order valence-corrected chi connectivity index (χ2v) is 5.34. The van der Waals surface area contributed by atoms with Crippen molar-refractivity contribution < 1.29 is 9.15 Å². The summed E-state index contributed by atoms with van der Waals surface area (Å²) in [5.74, 6) is 2.92. The van der Waals surface area contributed by atoms with Crippen molar-refractivity contribution in [1.82, 2.24) is 15.6 Å². The van der Waals surface area contributed by atoms with Crippen LogP contribution in [0.1, 0.15) is 17.3 Å². The molecule has 0 spiro atoms. The van der Waals surface area contributed by atoms with E-state index in [1.807, 2.05) is 26.0 Å². The molecule has 0 aliphatic rings. The van der Waals surface area contributed by atoms with Crippen molar-refractivity contribution in [2.24, 2.45) is 4.99 Å². The van der Waals surface area contributed by atoms with E-state index in [1.165, 1.54) is 0 Å². The van der Waals surface area contributed by atoms with Gasteiger partial charge in [0.05, 0.1) is 18.8 Å². The van der Waals surface area contributed by atoms with Crippen LogP contribution in [0.4, 0.5) is 0 Å². The first-order valence-electron chi connectivity index (χ1n) is 7.34. The Morgan fingerprint density at radius 3 is 2.54 bits per heavy atom. The highest BCUT2D eigenvalue weighted by molar-refractivity contribution is 14.0. The smallest absolute Gasteiger partial charge is 0.214 e. The van der Waals surface area contributed by atoms with Crippen molar-refractivity contribution in [2.75, 3.05) is 20.2 Å². The lowest BCUT2D eigenvalue weighted by molar-refractivity contribution is 0.322. The Balaban J connectivity index is 0.00000288. The first-order chi connectivity index (χ1) is 11.1. The highest BCUT2D eigenvalue weighted by Crippen LogP contribution is 2.15. The van der Waals surface area contributed by atoms with E-state index in [0.29, 0.717) is 36.6 Å². The van der Waals surface area contributed by atoms with Gasteiger partial charge in [-0.25, -0.2) is 4.98 Å². The molecule has 0 saturated heterocycles. The van der Waals surface area contributed by atoms with Gasteiger partial charge in [0.1, 0.15) is 18.1 Å². The molecule has 0 saturated carbocycles. The molecule has 1 heterocycles. The predicted octanol–water partition coefficient (Wildman–Crippen LogP) is 3.31. The van der Waals surface area contributed by atoms with E-state index >= 15 is 0 Å². The van der Waals surface area contributed by atoms with Crippen LogP contribution in [-0.2, 0) is 6.54 Å². The third kappa shape index (κ3) is 6.56. The molecule has 0 aliphatic carbocycles. The highest BCUT2D eigenvalue weighted by atomic mass is 127. The summed E-state index contributed by atoms with van der Waals surface area (Å²) in [7, 11) is 1.71. The quantitative estimate of drug-likeness (QED) is 0.297. The maximum absolute atomic E-state index is 5.83. The monoisotopic (exact) mass is 464 g/mol. The van der Waals surface area contributed by atoms with Gasteiger partial charge in [-0.1, -0.05) is 11.6 Å². The molecule has 2 aromatic rings. The first-order valence-corrected chi connectivity index (χ1v) is 7.72. The number of aliphatic imine (C=N–C) groups is 1. The van der Waals surface area contributed by atoms with Crippen molar-refractivity contribution in [3.8, 4) is 5.75 Å². The second-order valence-electron chi connectivity index (χ2n) is 4.90. The number of hydrogen-bond donors (Lipinski definition) is 2. The molecule has 0 bridgehead atoms. The fourth-order valence-electron chi connectivity index (χ4n) is 1.86. The van der Waals surface area contributed by atoms with Crippen LogP contribution in [0.3, 0.4) is 0 Å². The second kappa shape index (κ2) is 10.4. The molecule has 132 valence electrons. The molecule has 24 heavy (non-hydrogen) atoms. The fraction of sp³-hybridized carbons (Fsp3) is 0.375. The van der Waals surface area contributed by atoms with Gasteiger partial charge in [-0.3, -0.25) is 4.99 Å². The van der Waals surface area contributed by atoms with Crippen molar-refractivity contribution in [3.63, 3.8) is 0 Å².